The van der Waals surface area contributed by atoms with Gasteiger partial charge in [0.1, 0.15) is 5.75 Å². The Morgan fingerprint density at radius 3 is 2.27 bits per heavy atom. The number of hydrogen-bond donors (Lipinski definition) is 3. The normalized spacial score (nSPS) is 10.3. The minimum absolute atomic E-state index is 0.194. The summed E-state index contributed by atoms with van der Waals surface area (Å²) in [7, 11) is 0. The molecule has 3 amide bonds. The number of nitrogens with one attached hydrogen (secondary N) is 3. The summed E-state index contributed by atoms with van der Waals surface area (Å²) in [6, 6.07) is 13.3. The van der Waals surface area contributed by atoms with Crippen molar-refractivity contribution in [3.05, 3.63) is 54.1 Å². The Morgan fingerprint density at radius 1 is 0.967 bits per heavy atom. The highest BCUT2D eigenvalue weighted by atomic mass is 16.5. The van der Waals surface area contributed by atoms with E-state index in [1.165, 1.54) is 0 Å². The van der Waals surface area contributed by atoms with Crippen LogP contribution >= 0.6 is 0 Å². The van der Waals surface area contributed by atoms with Crippen molar-refractivity contribution in [3.63, 3.8) is 0 Å². The number of rotatable bonds is 9. The summed E-state index contributed by atoms with van der Waals surface area (Å²) in [5, 5.41) is 7.84. The third-order valence-corrected chi connectivity index (χ3v) is 3.78. The number of hydrogen-bond acceptors (Lipinski definition) is 5. The molecule has 0 radical (unpaired) electrons. The fraction of sp³-hybridized carbons (Fsp3) is 0.318. The number of carbonyl (C=O) groups excluding carboxylic acids is 3. The highest BCUT2D eigenvalue weighted by molar-refractivity contribution is 5.99. The van der Waals surface area contributed by atoms with Gasteiger partial charge in [0.05, 0.1) is 19.8 Å². The van der Waals surface area contributed by atoms with Gasteiger partial charge in [-0.15, -0.1) is 0 Å². The molecule has 30 heavy (non-hydrogen) atoms. The van der Waals surface area contributed by atoms with Gasteiger partial charge < -0.3 is 20.1 Å². The summed E-state index contributed by atoms with van der Waals surface area (Å²) >= 11 is 0. The molecule has 0 atom stereocenters. The van der Waals surface area contributed by atoms with Gasteiger partial charge in [0.25, 0.3) is 5.91 Å². The van der Waals surface area contributed by atoms with Crippen LogP contribution in [0.3, 0.4) is 0 Å². The lowest BCUT2D eigenvalue weighted by atomic mass is 10.2. The van der Waals surface area contributed by atoms with E-state index in [0.717, 1.165) is 0 Å². The molecule has 0 saturated carbocycles. The Morgan fingerprint density at radius 2 is 1.63 bits per heavy atom. The first-order valence-corrected chi connectivity index (χ1v) is 9.72. The van der Waals surface area contributed by atoms with Crippen LogP contribution in [0.1, 0.15) is 31.1 Å². The lowest BCUT2D eigenvalue weighted by Gasteiger charge is -2.11. The average Bonchev–Trinajstić information content (AvgIpc) is 2.71. The molecule has 0 heterocycles. The quantitative estimate of drug-likeness (QED) is 0.582. The number of benzene rings is 2. The van der Waals surface area contributed by atoms with Crippen molar-refractivity contribution >= 4 is 29.3 Å². The molecule has 0 aliphatic carbocycles. The van der Waals surface area contributed by atoms with Crippen molar-refractivity contribution in [1.29, 1.82) is 0 Å². The second kappa shape index (κ2) is 11.5. The molecule has 0 aliphatic rings. The molecule has 3 N–H and O–H groups in total. The van der Waals surface area contributed by atoms with E-state index in [-0.39, 0.29) is 18.4 Å². The third kappa shape index (κ3) is 7.83. The van der Waals surface area contributed by atoms with Gasteiger partial charge in [0.2, 0.25) is 5.91 Å². The average molecular weight is 413 g/mol. The Hall–Kier alpha value is -3.55. The highest BCUT2D eigenvalue weighted by Crippen LogP contribution is 2.15. The van der Waals surface area contributed by atoms with Gasteiger partial charge in [-0.05, 0) is 55.3 Å². The van der Waals surface area contributed by atoms with E-state index in [9.17, 15) is 14.4 Å². The van der Waals surface area contributed by atoms with E-state index < -0.39 is 12.0 Å². The lowest BCUT2D eigenvalue weighted by Crippen LogP contribution is -2.32. The molecule has 0 aliphatic heterocycles. The van der Waals surface area contributed by atoms with Crippen LogP contribution in [-0.2, 0) is 9.53 Å². The molecule has 2 aromatic carbocycles. The monoisotopic (exact) mass is 413 g/mol. The van der Waals surface area contributed by atoms with Crippen molar-refractivity contribution in [2.45, 2.75) is 20.8 Å². The fourth-order valence-corrected chi connectivity index (χ4v) is 2.41. The molecule has 0 saturated heterocycles. The van der Waals surface area contributed by atoms with Crippen LogP contribution in [-0.4, -0.2) is 37.7 Å². The van der Waals surface area contributed by atoms with E-state index in [1.807, 2.05) is 20.8 Å². The van der Waals surface area contributed by atoms with Crippen LogP contribution in [0.25, 0.3) is 0 Å². The highest BCUT2D eigenvalue weighted by Gasteiger charge is 2.10. The van der Waals surface area contributed by atoms with Gasteiger partial charge in [-0.25, -0.2) is 4.79 Å². The van der Waals surface area contributed by atoms with E-state index in [2.05, 4.69) is 16.0 Å². The molecule has 8 heteroatoms. The number of ether oxygens (including phenoxy) is 2. The molecule has 0 bridgehead atoms. The fourth-order valence-electron chi connectivity index (χ4n) is 2.41. The van der Waals surface area contributed by atoms with Crippen molar-refractivity contribution < 1.29 is 23.9 Å². The minimum Gasteiger partial charge on any atom is -0.494 e. The molecular formula is C22H27N3O5. The first-order valence-electron chi connectivity index (χ1n) is 9.72. The zero-order valence-corrected chi connectivity index (χ0v) is 17.4. The van der Waals surface area contributed by atoms with Crippen LogP contribution in [0.4, 0.5) is 16.2 Å². The number of carbonyl (C=O) groups is 3. The second-order valence-electron chi connectivity index (χ2n) is 6.89. The summed E-state index contributed by atoms with van der Waals surface area (Å²) in [6.07, 6.45) is -0.560. The van der Waals surface area contributed by atoms with Crippen molar-refractivity contribution in [2.75, 3.05) is 30.4 Å². The van der Waals surface area contributed by atoms with Crippen LogP contribution in [0, 0.1) is 5.92 Å². The van der Waals surface area contributed by atoms with E-state index in [1.54, 1.807) is 48.5 Å². The number of anilines is 2. The maximum absolute atomic E-state index is 12.2. The first kappa shape index (κ1) is 22.7. The smallest absolute Gasteiger partial charge is 0.411 e. The van der Waals surface area contributed by atoms with Crippen LogP contribution in [0.15, 0.2) is 48.5 Å². The van der Waals surface area contributed by atoms with E-state index in [0.29, 0.717) is 35.9 Å². The standard InChI is InChI=1S/C22H27N3O5/c1-4-29-19-10-8-16(9-11-19)21(27)23-13-20(26)24-17-6-5-7-18(12-17)25-22(28)30-14-15(2)3/h5-12,15H,4,13-14H2,1-3H3,(H,23,27)(H,24,26)(H,25,28). The summed E-state index contributed by atoms with van der Waals surface area (Å²) < 4.78 is 10.4. The Bertz CT molecular complexity index is 865. The zero-order valence-electron chi connectivity index (χ0n) is 17.4. The predicted octanol–water partition coefficient (Wildman–Crippen LogP) is 3.66. The summed E-state index contributed by atoms with van der Waals surface area (Å²) in [5.74, 6) is 0.151. The lowest BCUT2D eigenvalue weighted by molar-refractivity contribution is -0.115. The summed E-state index contributed by atoms with van der Waals surface area (Å²) in [5.41, 5.74) is 1.40. The second-order valence-corrected chi connectivity index (χ2v) is 6.89. The Kier molecular flexibility index (Phi) is 8.68. The molecule has 2 aromatic rings. The van der Waals surface area contributed by atoms with Crippen molar-refractivity contribution in [3.8, 4) is 5.75 Å². The van der Waals surface area contributed by atoms with Gasteiger partial charge in [-0.2, -0.15) is 0 Å². The van der Waals surface area contributed by atoms with Gasteiger partial charge in [0.15, 0.2) is 0 Å². The molecule has 0 aromatic heterocycles. The summed E-state index contributed by atoms with van der Waals surface area (Å²) in [6.45, 7) is 6.43. The summed E-state index contributed by atoms with van der Waals surface area (Å²) in [4.78, 5) is 36.0. The largest absolute Gasteiger partial charge is 0.494 e. The molecule has 0 spiro atoms. The Balaban J connectivity index is 1.83. The maximum atomic E-state index is 12.2. The zero-order chi connectivity index (χ0) is 21.9. The Labute approximate surface area is 175 Å². The predicted molar refractivity (Wildman–Crippen MR) is 115 cm³/mol. The van der Waals surface area contributed by atoms with E-state index in [4.69, 9.17) is 9.47 Å². The van der Waals surface area contributed by atoms with Crippen molar-refractivity contribution in [1.82, 2.24) is 5.32 Å². The molecule has 160 valence electrons. The minimum atomic E-state index is -0.560. The molecule has 8 nitrogen and oxygen atoms in total. The first-order chi connectivity index (χ1) is 14.4. The SMILES string of the molecule is CCOc1ccc(C(=O)NCC(=O)Nc2cccc(NC(=O)OCC(C)C)c2)cc1. The van der Waals surface area contributed by atoms with Crippen molar-refractivity contribution in [2.24, 2.45) is 5.92 Å². The number of amides is 3. The van der Waals surface area contributed by atoms with Gasteiger partial charge in [-0.1, -0.05) is 19.9 Å². The van der Waals surface area contributed by atoms with Gasteiger partial charge >= 0.3 is 6.09 Å². The van der Waals surface area contributed by atoms with Gasteiger partial charge in [-0.3, -0.25) is 14.9 Å². The molecule has 2 rings (SSSR count). The van der Waals surface area contributed by atoms with Crippen LogP contribution in [0.2, 0.25) is 0 Å². The van der Waals surface area contributed by atoms with E-state index >= 15 is 0 Å². The molecule has 0 unspecified atom stereocenters. The molecular weight excluding hydrogens is 386 g/mol. The van der Waals surface area contributed by atoms with Crippen LogP contribution in [0.5, 0.6) is 5.75 Å². The third-order valence-electron chi connectivity index (χ3n) is 3.78. The maximum Gasteiger partial charge on any atom is 0.411 e. The topological polar surface area (TPSA) is 106 Å². The van der Waals surface area contributed by atoms with Gasteiger partial charge in [0, 0.05) is 16.9 Å². The molecule has 0 fully saturated rings. The van der Waals surface area contributed by atoms with Crippen LogP contribution < -0.4 is 20.7 Å².